The molecule has 0 saturated carbocycles. The predicted molar refractivity (Wildman–Crippen MR) is 60.7 cm³/mol. The number of benzene rings is 1. The highest BCUT2D eigenvalue weighted by Crippen LogP contribution is 2.22. The second-order valence-electron chi connectivity index (χ2n) is 3.33. The summed E-state index contributed by atoms with van der Waals surface area (Å²) >= 11 is 0. The SMILES string of the molecule is CCNCC=Cc1ccc(OC(F)(F)F)cc1. The van der Waals surface area contributed by atoms with E-state index in [0.717, 1.165) is 18.7 Å². The van der Waals surface area contributed by atoms with Gasteiger partial charge in [0, 0.05) is 6.54 Å². The summed E-state index contributed by atoms with van der Waals surface area (Å²) in [6.07, 6.45) is -0.897. The van der Waals surface area contributed by atoms with Gasteiger partial charge in [-0.05, 0) is 24.2 Å². The molecule has 0 amide bonds. The van der Waals surface area contributed by atoms with E-state index in [2.05, 4.69) is 10.1 Å². The summed E-state index contributed by atoms with van der Waals surface area (Å²) in [5.74, 6) is -0.207. The van der Waals surface area contributed by atoms with E-state index in [0.29, 0.717) is 0 Å². The van der Waals surface area contributed by atoms with Gasteiger partial charge < -0.3 is 10.1 Å². The van der Waals surface area contributed by atoms with Crippen molar-refractivity contribution in [3.8, 4) is 5.75 Å². The van der Waals surface area contributed by atoms with Crippen LogP contribution in [0.5, 0.6) is 5.75 Å². The van der Waals surface area contributed by atoms with E-state index in [1.165, 1.54) is 12.1 Å². The second-order valence-corrected chi connectivity index (χ2v) is 3.33. The maximum Gasteiger partial charge on any atom is 0.573 e. The van der Waals surface area contributed by atoms with Gasteiger partial charge in [-0.25, -0.2) is 0 Å². The van der Waals surface area contributed by atoms with Crippen LogP contribution in [0.1, 0.15) is 12.5 Å². The molecule has 0 spiro atoms. The van der Waals surface area contributed by atoms with Gasteiger partial charge in [0.1, 0.15) is 5.75 Å². The predicted octanol–water partition coefficient (Wildman–Crippen LogP) is 3.21. The van der Waals surface area contributed by atoms with Crippen LogP contribution in [0, 0.1) is 0 Å². The third kappa shape index (κ3) is 5.97. The number of halogens is 3. The van der Waals surface area contributed by atoms with E-state index in [4.69, 9.17) is 0 Å². The zero-order valence-corrected chi connectivity index (χ0v) is 9.42. The van der Waals surface area contributed by atoms with Crippen LogP contribution in [0.15, 0.2) is 30.3 Å². The summed E-state index contributed by atoms with van der Waals surface area (Å²) in [6, 6.07) is 5.73. The molecule has 1 rings (SSSR count). The van der Waals surface area contributed by atoms with Crippen molar-refractivity contribution < 1.29 is 17.9 Å². The Hall–Kier alpha value is -1.49. The molecule has 0 aliphatic heterocycles. The van der Waals surface area contributed by atoms with Gasteiger partial charge in [-0.1, -0.05) is 31.2 Å². The Kier molecular flexibility index (Phi) is 5.03. The normalized spacial score (nSPS) is 12.0. The molecule has 0 fully saturated rings. The lowest BCUT2D eigenvalue weighted by Gasteiger charge is -2.08. The molecule has 1 N–H and O–H groups in total. The Labute approximate surface area is 98.1 Å². The molecule has 17 heavy (non-hydrogen) atoms. The Bertz CT molecular complexity index is 357. The molecule has 94 valence electrons. The van der Waals surface area contributed by atoms with Crippen LogP contribution < -0.4 is 10.1 Å². The zero-order chi connectivity index (χ0) is 12.7. The van der Waals surface area contributed by atoms with Crippen molar-refractivity contribution in [3.05, 3.63) is 35.9 Å². The average molecular weight is 245 g/mol. The van der Waals surface area contributed by atoms with E-state index in [1.807, 2.05) is 19.1 Å². The number of hydrogen-bond acceptors (Lipinski definition) is 2. The highest BCUT2D eigenvalue weighted by molar-refractivity contribution is 5.50. The molecule has 0 aliphatic carbocycles. The van der Waals surface area contributed by atoms with E-state index in [-0.39, 0.29) is 5.75 Å². The molecule has 0 unspecified atom stereocenters. The molecule has 0 heterocycles. The average Bonchev–Trinajstić information content (AvgIpc) is 2.25. The molecular formula is C12H14F3NO. The summed E-state index contributed by atoms with van der Waals surface area (Å²) in [6.45, 7) is 3.61. The maximum atomic E-state index is 11.9. The quantitative estimate of drug-likeness (QED) is 0.804. The largest absolute Gasteiger partial charge is 0.573 e. The van der Waals surface area contributed by atoms with E-state index < -0.39 is 6.36 Å². The third-order valence-corrected chi connectivity index (χ3v) is 1.94. The molecule has 0 aromatic heterocycles. The minimum atomic E-state index is -4.64. The molecule has 5 heteroatoms. The Morgan fingerprint density at radius 2 is 1.88 bits per heavy atom. The summed E-state index contributed by atoms with van der Waals surface area (Å²) in [5.41, 5.74) is 0.831. The van der Waals surface area contributed by atoms with Crippen LogP contribution in [-0.4, -0.2) is 19.5 Å². The maximum absolute atomic E-state index is 11.9. The van der Waals surface area contributed by atoms with Crippen molar-refractivity contribution in [2.75, 3.05) is 13.1 Å². The molecule has 1 aromatic rings. The number of likely N-dealkylation sites (N-methyl/N-ethyl adjacent to an activating group) is 1. The van der Waals surface area contributed by atoms with Crippen molar-refractivity contribution in [1.29, 1.82) is 0 Å². The summed E-state index contributed by atoms with van der Waals surface area (Å²) < 4.78 is 39.4. The smallest absolute Gasteiger partial charge is 0.406 e. The van der Waals surface area contributed by atoms with Crippen LogP contribution in [0.25, 0.3) is 6.08 Å². The monoisotopic (exact) mass is 245 g/mol. The van der Waals surface area contributed by atoms with Gasteiger partial charge in [-0.2, -0.15) is 0 Å². The standard InChI is InChI=1S/C12H14F3NO/c1-2-16-9-3-4-10-5-7-11(8-6-10)17-12(13,14)15/h3-8,16H,2,9H2,1H3. The van der Waals surface area contributed by atoms with Gasteiger partial charge >= 0.3 is 6.36 Å². The Balaban J connectivity index is 2.53. The first kappa shape index (κ1) is 13.6. The van der Waals surface area contributed by atoms with E-state index in [1.54, 1.807) is 12.1 Å². The first-order chi connectivity index (χ1) is 8.01. The van der Waals surface area contributed by atoms with Crippen molar-refractivity contribution in [3.63, 3.8) is 0 Å². The number of hydrogen-bond donors (Lipinski definition) is 1. The van der Waals surface area contributed by atoms with Gasteiger partial charge in [0.15, 0.2) is 0 Å². The number of rotatable bonds is 5. The lowest BCUT2D eigenvalue weighted by atomic mass is 10.2. The van der Waals surface area contributed by atoms with E-state index >= 15 is 0 Å². The number of nitrogens with one attached hydrogen (secondary N) is 1. The molecule has 0 bridgehead atoms. The number of alkyl halides is 3. The highest BCUT2D eigenvalue weighted by atomic mass is 19.4. The Morgan fingerprint density at radius 1 is 1.24 bits per heavy atom. The van der Waals surface area contributed by atoms with Gasteiger partial charge in [-0.15, -0.1) is 13.2 Å². The summed E-state index contributed by atoms with van der Waals surface area (Å²) in [5, 5.41) is 3.10. The van der Waals surface area contributed by atoms with Crippen molar-refractivity contribution in [2.45, 2.75) is 13.3 Å². The van der Waals surface area contributed by atoms with Crippen molar-refractivity contribution in [1.82, 2.24) is 5.32 Å². The molecular weight excluding hydrogens is 231 g/mol. The first-order valence-electron chi connectivity index (χ1n) is 5.24. The van der Waals surface area contributed by atoms with Gasteiger partial charge in [0.25, 0.3) is 0 Å². The van der Waals surface area contributed by atoms with Crippen LogP contribution >= 0.6 is 0 Å². The van der Waals surface area contributed by atoms with Gasteiger partial charge in [0.2, 0.25) is 0 Å². The fourth-order valence-corrected chi connectivity index (χ4v) is 1.20. The molecule has 0 saturated heterocycles. The van der Waals surface area contributed by atoms with Crippen molar-refractivity contribution >= 4 is 6.08 Å². The molecule has 0 atom stereocenters. The minimum Gasteiger partial charge on any atom is -0.406 e. The minimum absolute atomic E-state index is 0.207. The lowest BCUT2D eigenvalue weighted by molar-refractivity contribution is -0.274. The van der Waals surface area contributed by atoms with Crippen LogP contribution in [-0.2, 0) is 0 Å². The molecule has 1 aromatic carbocycles. The van der Waals surface area contributed by atoms with Crippen molar-refractivity contribution in [2.24, 2.45) is 0 Å². The fourth-order valence-electron chi connectivity index (χ4n) is 1.20. The topological polar surface area (TPSA) is 21.3 Å². The highest BCUT2D eigenvalue weighted by Gasteiger charge is 2.30. The van der Waals surface area contributed by atoms with E-state index in [9.17, 15) is 13.2 Å². The van der Waals surface area contributed by atoms with Crippen LogP contribution in [0.3, 0.4) is 0 Å². The van der Waals surface area contributed by atoms with Gasteiger partial charge in [0.05, 0.1) is 0 Å². The zero-order valence-electron chi connectivity index (χ0n) is 9.42. The third-order valence-electron chi connectivity index (χ3n) is 1.94. The fraction of sp³-hybridized carbons (Fsp3) is 0.333. The summed E-state index contributed by atoms with van der Waals surface area (Å²) in [7, 11) is 0. The summed E-state index contributed by atoms with van der Waals surface area (Å²) in [4.78, 5) is 0. The lowest BCUT2D eigenvalue weighted by Crippen LogP contribution is -2.16. The first-order valence-corrected chi connectivity index (χ1v) is 5.24. The molecule has 0 radical (unpaired) electrons. The van der Waals surface area contributed by atoms with Crippen LogP contribution in [0.2, 0.25) is 0 Å². The van der Waals surface area contributed by atoms with Gasteiger partial charge in [-0.3, -0.25) is 0 Å². The second kappa shape index (κ2) is 6.30. The molecule has 2 nitrogen and oxygen atoms in total. The molecule has 0 aliphatic rings. The van der Waals surface area contributed by atoms with Crippen LogP contribution in [0.4, 0.5) is 13.2 Å². The Morgan fingerprint density at radius 3 is 2.41 bits per heavy atom. The number of ether oxygens (including phenoxy) is 1.